The number of carbonyl (C=O) groups is 2. The van der Waals surface area contributed by atoms with Gasteiger partial charge in [0, 0.05) is 56.3 Å². The molecule has 35 heavy (non-hydrogen) atoms. The lowest BCUT2D eigenvalue weighted by atomic mass is 10.1. The van der Waals surface area contributed by atoms with Crippen LogP contribution < -0.4 is 4.90 Å². The molecule has 5 nitrogen and oxygen atoms in total. The second kappa shape index (κ2) is 12.5. The first-order valence-electron chi connectivity index (χ1n) is 12.2. The monoisotopic (exact) mass is 505 g/mol. The molecular formula is C27H34ClF2N3O2. The molecule has 190 valence electrons. The van der Waals surface area contributed by atoms with Gasteiger partial charge in [-0.3, -0.25) is 9.59 Å². The molecular weight excluding hydrogens is 472 g/mol. The lowest BCUT2D eigenvalue weighted by molar-refractivity contribution is -0.131. The van der Waals surface area contributed by atoms with Gasteiger partial charge in [0.15, 0.2) is 11.6 Å². The first-order valence-corrected chi connectivity index (χ1v) is 12.6. The Hall–Kier alpha value is -2.51. The van der Waals surface area contributed by atoms with E-state index < -0.39 is 11.6 Å². The summed E-state index contributed by atoms with van der Waals surface area (Å²) in [6, 6.07) is 9.61. The number of carbonyl (C=O) groups excluding carboxylic acids is 2. The molecule has 8 heteroatoms. The highest BCUT2D eigenvalue weighted by molar-refractivity contribution is 6.30. The highest BCUT2D eigenvalue weighted by Crippen LogP contribution is 2.28. The fourth-order valence-electron chi connectivity index (χ4n) is 4.44. The van der Waals surface area contributed by atoms with Crippen LogP contribution in [0, 0.1) is 11.6 Å². The van der Waals surface area contributed by atoms with Crippen LogP contribution in [0.3, 0.4) is 0 Å². The molecule has 2 aromatic rings. The molecule has 0 unspecified atom stereocenters. The molecule has 0 aromatic heterocycles. The molecule has 3 rings (SSSR count). The van der Waals surface area contributed by atoms with Gasteiger partial charge >= 0.3 is 0 Å². The Morgan fingerprint density at radius 1 is 0.943 bits per heavy atom. The number of amides is 2. The smallest absolute Gasteiger partial charge is 0.227 e. The molecule has 0 saturated heterocycles. The SMILES string of the molecule is CCC(=O)N1CCCN(C(C)C)CCCN(C(=O)Cc2ccc(Cl)cc2)Cc2cc(F)c(F)cc21. The van der Waals surface area contributed by atoms with Gasteiger partial charge in [-0.15, -0.1) is 0 Å². The van der Waals surface area contributed by atoms with Crippen LogP contribution in [0.5, 0.6) is 0 Å². The van der Waals surface area contributed by atoms with Crippen molar-refractivity contribution >= 4 is 29.1 Å². The second-order valence-electron chi connectivity index (χ2n) is 9.25. The van der Waals surface area contributed by atoms with Gasteiger partial charge < -0.3 is 14.7 Å². The molecule has 0 radical (unpaired) electrons. The molecule has 2 amide bonds. The molecule has 0 atom stereocenters. The summed E-state index contributed by atoms with van der Waals surface area (Å²) in [5.74, 6) is -2.28. The molecule has 1 heterocycles. The van der Waals surface area contributed by atoms with E-state index in [1.54, 1.807) is 28.9 Å². The summed E-state index contributed by atoms with van der Waals surface area (Å²) < 4.78 is 28.7. The molecule has 0 N–H and O–H groups in total. The van der Waals surface area contributed by atoms with Crippen LogP contribution >= 0.6 is 11.6 Å². The first kappa shape index (κ1) is 27.1. The molecule has 0 spiro atoms. The second-order valence-corrected chi connectivity index (χ2v) is 9.69. The standard InChI is InChI=1S/C27H34ClF2N3O2/c1-4-26(34)33-14-6-12-31(19(2)3)11-5-13-32(18-21-16-23(29)24(30)17-25(21)33)27(35)15-20-7-9-22(28)10-8-20/h7-10,16-17,19H,4-6,11-15,18H2,1-3H3. The van der Waals surface area contributed by atoms with Gasteiger partial charge in [0.25, 0.3) is 0 Å². The van der Waals surface area contributed by atoms with Crippen molar-refractivity contribution in [3.63, 3.8) is 0 Å². The number of anilines is 1. The topological polar surface area (TPSA) is 43.9 Å². The Labute approximate surface area is 211 Å². The summed E-state index contributed by atoms with van der Waals surface area (Å²) in [6.45, 7) is 8.52. The minimum absolute atomic E-state index is 0.0914. The van der Waals surface area contributed by atoms with Crippen molar-refractivity contribution in [2.24, 2.45) is 0 Å². The van der Waals surface area contributed by atoms with Crippen LogP contribution in [0.25, 0.3) is 0 Å². The molecule has 2 aromatic carbocycles. The number of rotatable bonds is 4. The van der Waals surface area contributed by atoms with Gasteiger partial charge in [-0.05, 0) is 56.0 Å². The normalized spacial score (nSPS) is 16.0. The van der Waals surface area contributed by atoms with Crippen molar-refractivity contribution in [3.05, 3.63) is 64.2 Å². The fraction of sp³-hybridized carbons (Fsp3) is 0.481. The predicted molar refractivity (Wildman–Crippen MR) is 136 cm³/mol. The summed E-state index contributed by atoms with van der Waals surface area (Å²) in [7, 11) is 0. The summed E-state index contributed by atoms with van der Waals surface area (Å²) in [5, 5.41) is 0.591. The van der Waals surface area contributed by atoms with E-state index in [9.17, 15) is 18.4 Å². The van der Waals surface area contributed by atoms with Gasteiger partial charge in [-0.1, -0.05) is 30.7 Å². The molecule has 0 saturated carbocycles. The Kier molecular flexibility index (Phi) is 9.63. The molecule has 1 aliphatic rings. The summed E-state index contributed by atoms with van der Waals surface area (Å²) >= 11 is 5.97. The van der Waals surface area contributed by atoms with E-state index in [1.165, 1.54) is 0 Å². The molecule has 0 fully saturated rings. The van der Waals surface area contributed by atoms with Crippen molar-refractivity contribution in [2.45, 2.75) is 59.0 Å². The van der Waals surface area contributed by atoms with E-state index in [-0.39, 0.29) is 31.2 Å². The summed E-state index contributed by atoms with van der Waals surface area (Å²) in [4.78, 5) is 31.7. The number of hydrogen-bond acceptors (Lipinski definition) is 3. The lowest BCUT2D eigenvalue weighted by Gasteiger charge is -2.33. The van der Waals surface area contributed by atoms with Crippen LogP contribution in [-0.2, 0) is 22.6 Å². The Morgan fingerprint density at radius 3 is 2.20 bits per heavy atom. The van der Waals surface area contributed by atoms with Gasteiger partial charge in [0.05, 0.1) is 12.1 Å². The first-order chi connectivity index (χ1) is 16.7. The number of nitrogens with zero attached hydrogens (tertiary/aromatic N) is 3. The predicted octanol–water partition coefficient (Wildman–Crippen LogP) is 5.44. The Morgan fingerprint density at radius 2 is 1.57 bits per heavy atom. The number of hydrogen-bond donors (Lipinski definition) is 0. The van der Waals surface area contributed by atoms with Crippen molar-refractivity contribution in [2.75, 3.05) is 31.1 Å². The average molecular weight is 506 g/mol. The average Bonchev–Trinajstić information content (AvgIpc) is 2.82. The number of halogens is 3. The van der Waals surface area contributed by atoms with E-state index in [4.69, 9.17) is 11.6 Å². The lowest BCUT2D eigenvalue weighted by Crippen LogP contribution is -2.41. The van der Waals surface area contributed by atoms with Crippen molar-refractivity contribution in [1.29, 1.82) is 0 Å². The van der Waals surface area contributed by atoms with Gasteiger partial charge in [0.2, 0.25) is 11.8 Å². The van der Waals surface area contributed by atoms with E-state index in [0.717, 1.165) is 37.2 Å². The van der Waals surface area contributed by atoms with E-state index in [1.807, 2.05) is 12.1 Å². The highest BCUT2D eigenvalue weighted by atomic mass is 35.5. The van der Waals surface area contributed by atoms with Crippen LogP contribution in [0.1, 0.15) is 51.2 Å². The van der Waals surface area contributed by atoms with Gasteiger partial charge in [0.1, 0.15) is 0 Å². The van der Waals surface area contributed by atoms with Crippen LogP contribution in [0.2, 0.25) is 5.02 Å². The summed E-state index contributed by atoms with van der Waals surface area (Å²) in [5.41, 5.74) is 1.58. The quantitative estimate of drug-likeness (QED) is 0.556. The minimum Gasteiger partial charge on any atom is -0.338 e. The van der Waals surface area contributed by atoms with E-state index in [0.29, 0.717) is 41.8 Å². The minimum atomic E-state index is -1.01. The van der Waals surface area contributed by atoms with E-state index >= 15 is 0 Å². The number of benzene rings is 2. The molecule has 0 aliphatic carbocycles. The zero-order chi connectivity index (χ0) is 25.5. The zero-order valence-corrected chi connectivity index (χ0v) is 21.5. The maximum atomic E-state index is 14.3. The zero-order valence-electron chi connectivity index (χ0n) is 20.7. The largest absolute Gasteiger partial charge is 0.338 e. The van der Waals surface area contributed by atoms with Gasteiger partial charge in [-0.25, -0.2) is 8.78 Å². The van der Waals surface area contributed by atoms with Gasteiger partial charge in [-0.2, -0.15) is 0 Å². The van der Waals surface area contributed by atoms with Crippen molar-refractivity contribution in [1.82, 2.24) is 9.80 Å². The third-order valence-electron chi connectivity index (χ3n) is 6.43. The third-order valence-corrected chi connectivity index (χ3v) is 6.68. The van der Waals surface area contributed by atoms with E-state index in [2.05, 4.69) is 18.7 Å². The molecule has 0 bridgehead atoms. The van der Waals surface area contributed by atoms with Crippen LogP contribution in [0.15, 0.2) is 36.4 Å². The van der Waals surface area contributed by atoms with Crippen LogP contribution in [-0.4, -0.2) is 53.8 Å². The van der Waals surface area contributed by atoms with Crippen molar-refractivity contribution < 1.29 is 18.4 Å². The van der Waals surface area contributed by atoms with Crippen molar-refractivity contribution in [3.8, 4) is 0 Å². The maximum Gasteiger partial charge on any atom is 0.227 e. The maximum absolute atomic E-state index is 14.3. The fourth-order valence-corrected chi connectivity index (χ4v) is 4.56. The number of fused-ring (bicyclic) bond motifs is 1. The third kappa shape index (κ3) is 7.24. The highest BCUT2D eigenvalue weighted by Gasteiger charge is 2.25. The Balaban J connectivity index is 1.98. The Bertz CT molecular complexity index is 1030. The molecule has 1 aliphatic heterocycles. The van der Waals surface area contributed by atoms with Crippen LogP contribution in [0.4, 0.5) is 14.5 Å². The summed E-state index contributed by atoms with van der Waals surface area (Å²) in [6.07, 6.45) is 1.87.